The van der Waals surface area contributed by atoms with Crippen molar-refractivity contribution in [1.82, 2.24) is 14.8 Å². The number of methoxy groups -OCH3 is 1. The maximum Gasteiger partial charge on any atom is 0.354 e. The number of anilines is 1. The molecular weight excluding hydrogens is 615 g/mol. The summed E-state index contributed by atoms with van der Waals surface area (Å²) in [6.45, 7) is 9.79. The first kappa shape index (κ1) is 32.7. The van der Waals surface area contributed by atoms with Gasteiger partial charge in [-0.3, -0.25) is 4.57 Å². The Morgan fingerprint density at radius 1 is 1.00 bits per heavy atom. The number of morpholine rings is 1. The molecule has 0 saturated carbocycles. The second-order valence-corrected chi connectivity index (χ2v) is 13.1. The van der Waals surface area contributed by atoms with Gasteiger partial charge in [0.05, 0.1) is 50.5 Å². The van der Waals surface area contributed by atoms with Crippen LogP contribution < -0.4 is 19.1 Å². The van der Waals surface area contributed by atoms with Gasteiger partial charge < -0.3 is 32.9 Å². The van der Waals surface area contributed by atoms with E-state index in [2.05, 4.69) is 16.9 Å². The molecule has 0 atom stereocenters. The summed E-state index contributed by atoms with van der Waals surface area (Å²) >= 11 is 1.67. The van der Waals surface area contributed by atoms with Crippen molar-refractivity contribution in [1.29, 1.82) is 0 Å². The van der Waals surface area contributed by atoms with E-state index < -0.39 is 7.60 Å². The standard InChI is InChI=1S/C32H39N4O7PS/c1-5-42-44(37,43-6-2)19-14-26-21-36(27-10-8-7-9-11-27)34-31(26)41-22-25-12-13-29(30(20-25)38-4)40-23-28-24(3)45-32(33-28)35-15-17-39-18-16-35/h7-14,19-21H,5-6,15-18,22-23H2,1-4H3. The summed E-state index contributed by atoms with van der Waals surface area (Å²) in [6.07, 6.45) is 3.47. The minimum Gasteiger partial charge on any atom is -0.493 e. The Balaban J connectivity index is 1.29. The lowest BCUT2D eigenvalue weighted by atomic mass is 10.2. The van der Waals surface area contributed by atoms with Gasteiger partial charge in [0.1, 0.15) is 13.2 Å². The molecule has 1 aliphatic rings. The molecule has 0 N–H and O–H groups in total. The van der Waals surface area contributed by atoms with Crippen LogP contribution in [-0.4, -0.2) is 61.4 Å². The van der Waals surface area contributed by atoms with Crippen LogP contribution in [0, 0.1) is 6.92 Å². The van der Waals surface area contributed by atoms with Gasteiger partial charge >= 0.3 is 7.60 Å². The maximum atomic E-state index is 13.1. The second kappa shape index (κ2) is 15.6. The van der Waals surface area contributed by atoms with Crippen LogP contribution in [0.15, 0.2) is 60.5 Å². The number of hydrogen-bond acceptors (Lipinski definition) is 11. The average Bonchev–Trinajstić information content (AvgIpc) is 3.66. The van der Waals surface area contributed by atoms with Gasteiger partial charge in [0.25, 0.3) is 0 Å². The number of benzene rings is 2. The van der Waals surface area contributed by atoms with Crippen LogP contribution in [0.4, 0.5) is 5.13 Å². The van der Waals surface area contributed by atoms with E-state index in [9.17, 15) is 4.57 Å². The molecule has 0 amide bonds. The summed E-state index contributed by atoms with van der Waals surface area (Å²) in [5.74, 6) is 3.01. The fourth-order valence-corrected chi connectivity index (χ4v) is 6.89. The molecule has 13 heteroatoms. The van der Waals surface area contributed by atoms with Crippen molar-refractivity contribution in [3.05, 3.63) is 82.2 Å². The molecule has 0 bridgehead atoms. The van der Waals surface area contributed by atoms with Crippen LogP contribution in [0.5, 0.6) is 17.4 Å². The number of nitrogens with zero attached hydrogens (tertiary/aromatic N) is 4. The molecule has 4 aromatic rings. The van der Waals surface area contributed by atoms with Crippen LogP contribution in [0.3, 0.4) is 0 Å². The lowest BCUT2D eigenvalue weighted by Gasteiger charge is -2.26. The Morgan fingerprint density at radius 3 is 2.47 bits per heavy atom. The van der Waals surface area contributed by atoms with E-state index in [4.69, 9.17) is 33.0 Å². The minimum absolute atomic E-state index is 0.214. The van der Waals surface area contributed by atoms with Gasteiger partial charge in [0, 0.05) is 30.0 Å². The van der Waals surface area contributed by atoms with Crippen molar-refractivity contribution in [3.8, 4) is 23.1 Å². The number of rotatable bonds is 15. The summed E-state index contributed by atoms with van der Waals surface area (Å²) in [7, 11) is -1.81. The zero-order valence-corrected chi connectivity index (χ0v) is 27.7. The largest absolute Gasteiger partial charge is 0.493 e. The Hall–Kier alpha value is -3.67. The molecule has 45 heavy (non-hydrogen) atoms. The SMILES string of the molecule is CCOP(=O)(C=Cc1cn(-c2ccccc2)nc1OCc1ccc(OCc2nc(N3CCOCC3)sc2C)c(OC)c1)OCC. The van der Waals surface area contributed by atoms with Gasteiger partial charge in [-0.05, 0) is 56.7 Å². The second-order valence-electron chi connectivity index (χ2n) is 10.0. The Kier molecular flexibility index (Phi) is 11.3. The normalized spacial score (nSPS) is 13.8. The predicted molar refractivity (Wildman–Crippen MR) is 175 cm³/mol. The van der Waals surface area contributed by atoms with Crippen molar-refractivity contribution in [2.45, 2.75) is 34.0 Å². The van der Waals surface area contributed by atoms with E-state index in [1.54, 1.807) is 43.1 Å². The molecule has 0 spiro atoms. The fourth-order valence-electron chi connectivity index (χ4n) is 4.62. The van der Waals surface area contributed by atoms with Crippen LogP contribution in [-0.2, 0) is 31.6 Å². The molecular formula is C32H39N4O7PS. The molecule has 1 aliphatic heterocycles. The highest BCUT2D eigenvalue weighted by Gasteiger charge is 2.21. The smallest absolute Gasteiger partial charge is 0.354 e. The fraction of sp³-hybridized carbons (Fsp3) is 0.375. The number of thiazole rings is 1. The van der Waals surface area contributed by atoms with Gasteiger partial charge in [-0.15, -0.1) is 16.4 Å². The van der Waals surface area contributed by atoms with E-state index in [0.717, 1.165) is 40.0 Å². The molecule has 1 fully saturated rings. The summed E-state index contributed by atoms with van der Waals surface area (Å²) in [4.78, 5) is 8.20. The highest BCUT2D eigenvalue weighted by molar-refractivity contribution is 7.57. The Morgan fingerprint density at radius 2 is 1.76 bits per heavy atom. The van der Waals surface area contributed by atoms with Gasteiger partial charge in [-0.1, -0.05) is 24.3 Å². The van der Waals surface area contributed by atoms with E-state index in [0.29, 0.717) is 42.8 Å². The van der Waals surface area contributed by atoms with E-state index >= 15 is 0 Å². The predicted octanol–water partition coefficient (Wildman–Crippen LogP) is 6.88. The molecule has 5 rings (SSSR count). The summed E-state index contributed by atoms with van der Waals surface area (Å²) in [5, 5.41) is 5.65. The quantitative estimate of drug-likeness (QED) is 0.126. The van der Waals surface area contributed by atoms with Crippen LogP contribution in [0.25, 0.3) is 11.8 Å². The number of hydrogen-bond donors (Lipinski definition) is 0. The topological polar surface area (TPSA) is 106 Å². The van der Waals surface area contributed by atoms with Crippen LogP contribution in [0.1, 0.15) is 35.5 Å². The number of para-hydroxylation sites is 1. The van der Waals surface area contributed by atoms with Crippen molar-refractivity contribution < 1.29 is 32.6 Å². The first-order valence-corrected chi connectivity index (χ1v) is 17.3. The van der Waals surface area contributed by atoms with Crippen molar-refractivity contribution in [2.75, 3.05) is 51.5 Å². The van der Waals surface area contributed by atoms with Crippen LogP contribution in [0.2, 0.25) is 0 Å². The maximum absolute atomic E-state index is 13.1. The summed E-state index contributed by atoms with van der Waals surface area (Å²) < 4.78 is 49.1. The molecule has 0 radical (unpaired) electrons. The monoisotopic (exact) mass is 654 g/mol. The Labute approximate surface area is 267 Å². The third kappa shape index (κ3) is 8.53. The molecule has 3 heterocycles. The molecule has 240 valence electrons. The first-order chi connectivity index (χ1) is 21.9. The zero-order valence-electron chi connectivity index (χ0n) is 26.0. The highest BCUT2D eigenvalue weighted by Crippen LogP contribution is 2.50. The van der Waals surface area contributed by atoms with Gasteiger partial charge in [0.2, 0.25) is 5.88 Å². The molecule has 1 saturated heterocycles. The molecule has 2 aromatic carbocycles. The molecule has 2 aromatic heterocycles. The van der Waals surface area contributed by atoms with Crippen molar-refractivity contribution >= 4 is 30.1 Å². The number of ether oxygens (including phenoxy) is 4. The number of aryl methyl sites for hydroxylation is 1. The third-order valence-electron chi connectivity index (χ3n) is 6.91. The van der Waals surface area contributed by atoms with Crippen LogP contribution >= 0.6 is 18.9 Å². The summed E-state index contributed by atoms with van der Waals surface area (Å²) in [5.41, 5.74) is 3.25. The van der Waals surface area contributed by atoms with Gasteiger partial charge in [-0.25, -0.2) is 9.67 Å². The molecule has 0 aliphatic carbocycles. The van der Waals surface area contributed by atoms with E-state index in [1.807, 2.05) is 54.7 Å². The Bertz CT molecular complexity index is 1610. The summed E-state index contributed by atoms with van der Waals surface area (Å²) in [6, 6.07) is 15.3. The lowest BCUT2D eigenvalue weighted by molar-refractivity contribution is 0.122. The molecule has 0 unspecified atom stereocenters. The zero-order chi connectivity index (χ0) is 31.6. The third-order valence-corrected chi connectivity index (χ3v) is 9.74. The lowest BCUT2D eigenvalue weighted by Crippen LogP contribution is -2.36. The first-order valence-electron chi connectivity index (χ1n) is 14.9. The van der Waals surface area contributed by atoms with Crippen molar-refractivity contribution in [3.63, 3.8) is 0 Å². The van der Waals surface area contributed by atoms with Crippen molar-refractivity contribution in [2.24, 2.45) is 0 Å². The molecule has 11 nitrogen and oxygen atoms in total. The average molecular weight is 655 g/mol. The van der Waals surface area contributed by atoms with E-state index in [1.165, 1.54) is 5.82 Å². The minimum atomic E-state index is -3.41. The van der Waals surface area contributed by atoms with Gasteiger partial charge in [0.15, 0.2) is 16.6 Å². The van der Waals surface area contributed by atoms with E-state index in [-0.39, 0.29) is 19.8 Å². The highest BCUT2D eigenvalue weighted by atomic mass is 32.1. The van der Waals surface area contributed by atoms with Gasteiger partial charge in [-0.2, -0.15) is 0 Å². The number of aromatic nitrogens is 3.